The van der Waals surface area contributed by atoms with Crippen molar-refractivity contribution >= 4 is 27.6 Å². The van der Waals surface area contributed by atoms with Crippen LogP contribution in [0.4, 0.5) is 10.5 Å². The Morgan fingerprint density at radius 1 is 1.37 bits per heavy atom. The van der Waals surface area contributed by atoms with E-state index in [1.165, 1.54) is 0 Å². The van der Waals surface area contributed by atoms with Gasteiger partial charge < -0.3 is 19.9 Å². The quantitative estimate of drug-likeness (QED) is 0.722. The smallest absolute Gasteiger partial charge is 0.317 e. The van der Waals surface area contributed by atoms with Crippen LogP contribution in [0.2, 0.25) is 0 Å². The van der Waals surface area contributed by atoms with Crippen molar-refractivity contribution in [3.8, 4) is 5.75 Å². The van der Waals surface area contributed by atoms with Gasteiger partial charge in [0.25, 0.3) is 0 Å². The number of nitrogens with one attached hydrogen (secondary N) is 2. The second-order valence-electron chi connectivity index (χ2n) is 8.27. The molecular formula is C20H32N4O5S. The molecule has 0 unspecified atom stereocenters. The summed E-state index contributed by atoms with van der Waals surface area (Å²) in [5, 5.41) is 2.85. The predicted octanol–water partition coefficient (Wildman–Crippen LogP) is 1.51. The van der Waals surface area contributed by atoms with Gasteiger partial charge in [0, 0.05) is 43.9 Å². The zero-order valence-electron chi connectivity index (χ0n) is 18.4. The maximum absolute atomic E-state index is 12.6. The van der Waals surface area contributed by atoms with Crippen LogP contribution >= 0.6 is 0 Å². The fourth-order valence-electron chi connectivity index (χ4n) is 3.27. The highest BCUT2D eigenvalue weighted by atomic mass is 32.2. The molecule has 2 rings (SSSR count). The van der Waals surface area contributed by atoms with Crippen LogP contribution in [0.1, 0.15) is 26.3 Å². The molecule has 0 spiro atoms. The van der Waals surface area contributed by atoms with Crippen molar-refractivity contribution in [2.45, 2.75) is 39.3 Å². The van der Waals surface area contributed by atoms with E-state index in [0.717, 1.165) is 6.26 Å². The van der Waals surface area contributed by atoms with Crippen molar-refractivity contribution in [2.75, 3.05) is 38.2 Å². The van der Waals surface area contributed by atoms with Crippen LogP contribution in [0.5, 0.6) is 5.75 Å². The number of carbonyl (C=O) groups is 2. The number of anilines is 1. The van der Waals surface area contributed by atoms with Crippen LogP contribution in [0, 0.1) is 5.92 Å². The van der Waals surface area contributed by atoms with E-state index >= 15 is 0 Å². The molecule has 3 amide bonds. The Labute approximate surface area is 178 Å². The Hall–Kier alpha value is -2.49. The van der Waals surface area contributed by atoms with Gasteiger partial charge in [-0.05, 0) is 32.0 Å². The fraction of sp³-hybridized carbons (Fsp3) is 0.600. The number of nitrogens with zero attached hydrogens (tertiary/aromatic N) is 2. The highest BCUT2D eigenvalue weighted by Crippen LogP contribution is 2.28. The van der Waals surface area contributed by atoms with E-state index in [1.807, 2.05) is 20.8 Å². The van der Waals surface area contributed by atoms with Crippen molar-refractivity contribution < 1.29 is 22.7 Å². The lowest BCUT2D eigenvalue weighted by atomic mass is 10.0. The normalized spacial score (nSPS) is 19.8. The first-order valence-corrected chi connectivity index (χ1v) is 11.8. The number of urea groups is 1. The first kappa shape index (κ1) is 23.8. The maximum atomic E-state index is 12.6. The second-order valence-corrected chi connectivity index (χ2v) is 10.0. The fourth-order valence-corrected chi connectivity index (χ4v) is 3.82. The summed E-state index contributed by atoms with van der Waals surface area (Å²) in [5.41, 5.74) is 0.960. The number of fused-ring (bicyclic) bond motifs is 1. The lowest BCUT2D eigenvalue weighted by Gasteiger charge is -2.31. The number of hydrogen-bond acceptors (Lipinski definition) is 5. The monoisotopic (exact) mass is 440 g/mol. The minimum absolute atomic E-state index is 0.0177. The van der Waals surface area contributed by atoms with E-state index in [2.05, 4.69) is 10.0 Å². The van der Waals surface area contributed by atoms with Crippen molar-refractivity contribution in [3.63, 3.8) is 0 Å². The molecule has 0 aromatic heterocycles. The highest BCUT2D eigenvalue weighted by molar-refractivity contribution is 7.92. The number of hydrogen-bond donors (Lipinski definition) is 2. The molecule has 0 aliphatic carbocycles. The predicted molar refractivity (Wildman–Crippen MR) is 116 cm³/mol. The molecule has 1 aliphatic heterocycles. The summed E-state index contributed by atoms with van der Waals surface area (Å²) in [5.74, 6) is 0.384. The summed E-state index contributed by atoms with van der Waals surface area (Å²) in [7, 11) is -0.00927. The number of benzene rings is 1. The standard InChI is InChI=1S/C20H32N4O5S/c1-13(2)21-20(26)24(5)12-18-14(3)11-23(4)19(25)10-15-9-16(22-30(6,27)28)7-8-17(15)29-18/h7-9,13-14,18,22H,10-12H2,1-6H3,(H,21,26)/t14-,18+/m1/s1. The van der Waals surface area contributed by atoms with Gasteiger partial charge in [0.2, 0.25) is 15.9 Å². The third-order valence-corrected chi connectivity index (χ3v) is 5.43. The van der Waals surface area contributed by atoms with Gasteiger partial charge in [0.15, 0.2) is 0 Å². The Kier molecular flexibility index (Phi) is 7.57. The lowest BCUT2D eigenvalue weighted by Crippen LogP contribution is -2.48. The van der Waals surface area contributed by atoms with E-state index in [0.29, 0.717) is 30.1 Å². The van der Waals surface area contributed by atoms with E-state index in [1.54, 1.807) is 42.1 Å². The molecule has 0 bridgehead atoms. The molecule has 2 N–H and O–H groups in total. The van der Waals surface area contributed by atoms with Gasteiger partial charge in [-0.15, -0.1) is 0 Å². The SMILES string of the molecule is CC(C)NC(=O)N(C)C[C@@H]1Oc2ccc(NS(C)(=O)=O)cc2CC(=O)N(C)C[C@H]1C. The average molecular weight is 441 g/mol. The molecule has 10 heteroatoms. The van der Waals surface area contributed by atoms with Gasteiger partial charge in [0.1, 0.15) is 11.9 Å². The lowest BCUT2D eigenvalue weighted by molar-refractivity contribution is -0.129. The molecule has 1 aromatic rings. The summed E-state index contributed by atoms with van der Waals surface area (Å²) in [6.45, 7) is 6.58. The van der Waals surface area contributed by atoms with Gasteiger partial charge in [-0.25, -0.2) is 13.2 Å². The summed E-state index contributed by atoms with van der Waals surface area (Å²) in [6, 6.07) is 4.70. The first-order chi connectivity index (χ1) is 13.9. The van der Waals surface area contributed by atoms with Gasteiger partial charge in [-0.1, -0.05) is 6.92 Å². The number of rotatable bonds is 5. The average Bonchev–Trinajstić information content (AvgIpc) is 2.63. The van der Waals surface area contributed by atoms with Gasteiger partial charge in [-0.2, -0.15) is 0 Å². The molecule has 1 aliphatic rings. The number of likely N-dealkylation sites (N-methyl/N-ethyl adjacent to an activating group) is 2. The summed E-state index contributed by atoms with van der Waals surface area (Å²) >= 11 is 0. The molecule has 30 heavy (non-hydrogen) atoms. The van der Waals surface area contributed by atoms with Gasteiger partial charge in [0.05, 0.1) is 19.2 Å². The molecule has 0 saturated carbocycles. The van der Waals surface area contributed by atoms with E-state index < -0.39 is 10.0 Å². The zero-order valence-corrected chi connectivity index (χ0v) is 19.2. The highest BCUT2D eigenvalue weighted by Gasteiger charge is 2.29. The number of carbonyl (C=O) groups excluding carboxylic acids is 2. The number of ether oxygens (including phenoxy) is 1. The van der Waals surface area contributed by atoms with Crippen molar-refractivity contribution in [1.29, 1.82) is 0 Å². The number of amides is 3. The third kappa shape index (κ3) is 6.79. The van der Waals surface area contributed by atoms with Crippen LogP contribution in [0.3, 0.4) is 0 Å². The Morgan fingerprint density at radius 3 is 2.63 bits per heavy atom. The number of sulfonamides is 1. The molecule has 0 saturated heterocycles. The maximum Gasteiger partial charge on any atom is 0.317 e. The molecule has 2 atom stereocenters. The molecule has 0 fully saturated rings. The molecular weight excluding hydrogens is 408 g/mol. The topological polar surface area (TPSA) is 108 Å². The molecule has 9 nitrogen and oxygen atoms in total. The first-order valence-electron chi connectivity index (χ1n) is 9.88. The van der Waals surface area contributed by atoms with Crippen LogP contribution in [-0.4, -0.2) is 75.7 Å². The summed E-state index contributed by atoms with van der Waals surface area (Å²) < 4.78 is 31.8. The molecule has 168 valence electrons. The van der Waals surface area contributed by atoms with Crippen LogP contribution in [-0.2, 0) is 21.2 Å². The molecule has 0 radical (unpaired) electrons. The minimum Gasteiger partial charge on any atom is -0.488 e. The summed E-state index contributed by atoms with van der Waals surface area (Å²) in [6.07, 6.45) is 0.808. The Morgan fingerprint density at radius 2 is 2.03 bits per heavy atom. The van der Waals surface area contributed by atoms with Gasteiger partial charge >= 0.3 is 6.03 Å². The Bertz CT molecular complexity index is 887. The van der Waals surface area contributed by atoms with Crippen molar-refractivity contribution in [3.05, 3.63) is 23.8 Å². The van der Waals surface area contributed by atoms with Crippen LogP contribution in [0.15, 0.2) is 18.2 Å². The minimum atomic E-state index is -3.44. The van der Waals surface area contributed by atoms with E-state index in [9.17, 15) is 18.0 Å². The Balaban J connectivity index is 2.33. The van der Waals surface area contributed by atoms with Crippen LogP contribution in [0.25, 0.3) is 0 Å². The summed E-state index contributed by atoms with van der Waals surface area (Å²) in [4.78, 5) is 28.2. The molecule has 1 aromatic carbocycles. The van der Waals surface area contributed by atoms with Gasteiger partial charge in [-0.3, -0.25) is 9.52 Å². The van der Waals surface area contributed by atoms with E-state index in [-0.39, 0.29) is 36.4 Å². The second kappa shape index (κ2) is 9.55. The largest absolute Gasteiger partial charge is 0.488 e. The van der Waals surface area contributed by atoms with Crippen LogP contribution < -0.4 is 14.8 Å². The van der Waals surface area contributed by atoms with Crippen molar-refractivity contribution in [1.82, 2.24) is 15.1 Å². The molecule has 1 heterocycles. The zero-order chi connectivity index (χ0) is 22.6. The van der Waals surface area contributed by atoms with Crippen molar-refractivity contribution in [2.24, 2.45) is 5.92 Å². The third-order valence-electron chi connectivity index (χ3n) is 4.82. The van der Waals surface area contributed by atoms with E-state index in [4.69, 9.17) is 4.74 Å².